The van der Waals surface area contributed by atoms with Crippen LogP contribution in [0.5, 0.6) is 0 Å². The zero-order chi connectivity index (χ0) is 16.2. The van der Waals surface area contributed by atoms with Crippen molar-refractivity contribution in [3.63, 3.8) is 0 Å². The molecule has 2 aromatic carbocycles. The van der Waals surface area contributed by atoms with Gasteiger partial charge in [0.15, 0.2) is 4.90 Å². The fraction of sp³-hybridized carbons (Fsp3) is 0.167. The molecule has 3 rings (SSSR count). The van der Waals surface area contributed by atoms with Crippen molar-refractivity contribution in [2.75, 3.05) is 19.0 Å². The topological polar surface area (TPSA) is 55.0 Å². The molecule has 1 N–H and O–H groups in total. The van der Waals surface area contributed by atoms with Gasteiger partial charge in [-0.15, -0.1) is 0 Å². The SMILES string of the molecule is CN(C)c1ccccc1C[S+]([O-])c1ccccc1-c1ncc[nH]1. The Bertz CT molecular complexity index is 771. The Morgan fingerprint density at radius 2 is 1.83 bits per heavy atom. The van der Waals surface area contributed by atoms with E-state index in [1.165, 1.54) is 0 Å². The fourth-order valence-electron chi connectivity index (χ4n) is 2.56. The Labute approximate surface area is 139 Å². The minimum atomic E-state index is -1.14. The van der Waals surface area contributed by atoms with Gasteiger partial charge in [-0.25, -0.2) is 4.98 Å². The summed E-state index contributed by atoms with van der Waals surface area (Å²) >= 11 is -1.14. The molecule has 1 heterocycles. The van der Waals surface area contributed by atoms with E-state index in [9.17, 15) is 4.55 Å². The Morgan fingerprint density at radius 1 is 1.09 bits per heavy atom. The summed E-state index contributed by atoms with van der Waals surface area (Å²) in [5.41, 5.74) is 3.06. The van der Waals surface area contributed by atoms with Crippen LogP contribution in [-0.2, 0) is 16.9 Å². The van der Waals surface area contributed by atoms with Crippen molar-refractivity contribution >= 4 is 16.9 Å². The second-order valence-corrected chi connectivity index (χ2v) is 6.87. The average molecular weight is 325 g/mol. The Hall–Kier alpha value is -2.24. The molecule has 1 unspecified atom stereocenters. The number of imidazole rings is 1. The lowest BCUT2D eigenvalue weighted by atomic mass is 10.2. The van der Waals surface area contributed by atoms with Crippen molar-refractivity contribution in [1.82, 2.24) is 9.97 Å². The van der Waals surface area contributed by atoms with E-state index >= 15 is 0 Å². The van der Waals surface area contributed by atoms with Crippen LogP contribution in [-0.4, -0.2) is 28.6 Å². The van der Waals surface area contributed by atoms with E-state index < -0.39 is 11.2 Å². The predicted octanol–water partition coefficient (Wildman–Crippen LogP) is 3.45. The zero-order valence-corrected chi connectivity index (χ0v) is 14.0. The number of aromatic nitrogens is 2. The lowest BCUT2D eigenvalue weighted by Gasteiger charge is -2.19. The number of aromatic amines is 1. The number of H-pyrrole nitrogens is 1. The van der Waals surface area contributed by atoms with E-state index in [0.29, 0.717) is 5.75 Å². The number of benzene rings is 2. The molecule has 0 spiro atoms. The maximum Gasteiger partial charge on any atom is 0.163 e. The van der Waals surface area contributed by atoms with Crippen LogP contribution in [0.3, 0.4) is 0 Å². The van der Waals surface area contributed by atoms with Crippen LogP contribution in [0.1, 0.15) is 5.56 Å². The number of para-hydroxylation sites is 1. The van der Waals surface area contributed by atoms with Crippen molar-refractivity contribution in [2.45, 2.75) is 10.6 Å². The largest absolute Gasteiger partial charge is 0.611 e. The van der Waals surface area contributed by atoms with Gasteiger partial charge in [0.25, 0.3) is 0 Å². The van der Waals surface area contributed by atoms with E-state index in [0.717, 1.165) is 27.5 Å². The number of rotatable bonds is 5. The Kier molecular flexibility index (Phi) is 4.69. The molecule has 1 aromatic heterocycles. The molecule has 0 saturated carbocycles. The minimum Gasteiger partial charge on any atom is -0.611 e. The van der Waals surface area contributed by atoms with Gasteiger partial charge in [-0.05, 0) is 29.4 Å². The molecular formula is C18H19N3OS. The molecule has 1 atom stereocenters. The summed E-state index contributed by atoms with van der Waals surface area (Å²) in [5.74, 6) is 1.22. The first kappa shape index (κ1) is 15.6. The average Bonchev–Trinajstić information content (AvgIpc) is 3.09. The molecular weight excluding hydrogens is 306 g/mol. The maximum absolute atomic E-state index is 13.0. The van der Waals surface area contributed by atoms with E-state index in [1.807, 2.05) is 67.5 Å². The van der Waals surface area contributed by atoms with Crippen molar-refractivity contribution in [3.8, 4) is 11.4 Å². The van der Waals surface area contributed by atoms with Crippen LogP contribution < -0.4 is 4.90 Å². The van der Waals surface area contributed by atoms with Crippen LogP contribution in [0.4, 0.5) is 5.69 Å². The first-order valence-corrected chi connectivity index (χ1v) is 8.71. The molecule has 0 radical (unpaired) electrons. The van der Waals surface area contributed by atoms with E-state index in [2.05, 4.69) is 9.97 Å². The number of anilines is 1. The maximum atomic E-state index is 13.0. The van der Waals surface area contributed by atoms with E-state index in [-0.39, 0.29) is 0 Å². The van der Waals surface area contributed by atoms with E-state index in [4.69, 9.17) is 0 Å². The van der Waals surface area contributed by atoms with Crippen LogP contribution in [0.2, 0.25) is 0 Å². The lowest BCUT2D eigenvalue weighted by Crippen LogP contribution is -2.14. The van der Waals surface area contributed by atoms with Gasteiger partial charge in [0.2, 0.25) is 0 Å². The quantitative estimate of drug-likeness (QED) is 0.731. The van der Waals surface area contributed by atoms with Crippen LogP contribution in [0.15, 0.2) is 65.8 Å². The third-order valence-corrected chi connectivity index (χ3v) is 5.07. The molecule has 0 aliphatic heterocycles. The van der Waals surface area contributed by atoms with Gasteiger partial charge < -0.3 is 14.4 Å². The van der Waals surface area contributed by atoms with Gasteiger partial charge >= 0.3 is 0 Å². The predicted molar refractivity (Wildman–Crippen MR) is 94.9 cm³/mol. The lowest BCUT2D eigenvalue weighted by molar-refractivity contribution is 0.594. The molecule has 5 heteroatoms. The van der Waals surface area contributed by atoms with Gasteiger partial charge in [0.05, 0.1) is 5.56 Å². The van der Waals surface area contributed by atoms with Gasteiger partial charge in [-0.3, -0.25) is 0 Å². The minimum absolute atomic E-state index is 0.478. The summed E-state index contributed by atoms with van der Waals surface area (Å²) in [6.45, 7) is 0. The summed E-state index contributed by atoms with van der Waals surface area (Å²) in [4.78, 5) is 10.2. The third-order valence-electron chi connectivity index (χ3n) is 3.65. The third kappa shape index (κ3) is 3.41. The second-order valence-electron chi connectivity index (χ2n) is 5.45. The molecule has 0 bridgehead atoms. The normalized spacial score (nSPS) is 12.1. The first-order valence-electron chi connectivity index (χ1n) is 7.39. The van der Waals surface area contributed by atoms with Gasteiger partial charge in [-0.1, -0.05) is 30.3 Å². The zero-order valence-electron chi connectivity index (χ0n) is 13.2. The highest BCUT2D eigenvalue weighted by Gasteiger charge is 2.20. The van der Waals surface area contributed by atoms with E-state index in [1.54, 1.807) is 12.4 Å². The van der Waals surface area contributed by atoms with Gasteiger partial charge in [0.1, 0.15) is 11.6 Å². The van der Waals surface area contributed by atoms with Crippen LogP contribution >= 0.6 is 0 Å². The standard InChI is InChI=1S/C18H19N3OS/c1-21(2)16-9-5-3-7-14(16)13-23(22)17-10-6-4-8-15(17)18-19-11-12-20-18/h3-12H,13H2,1-2H3,(H,19,20). The molecule has 0 fully saturated rings. The number of hydrogen-bond donors (Lipinski definition) is 1. The highest BCUT2D eigenvalue weighted by Crippen LogP contribution is 2.29. The monoisotopic (exact) mass is 325 g/mol. The summed E-state index contributed by atoms with van der Waals surface area (Å²) in [5, 5.41) is 0. The summed E-state index contributed by atoms with van der Waals surface area (Å²) in [7, 11) is 4.00. The molecule has 23 heavy (non-hydrogen) atoms. The summed E-state index contributed by atoms with van der Waals surface area (Å²) < 4.78 is 13.0. The first-order chi connectivity index (χ1) is 11.2. The van der Waals surface area contributed by atoms with Crippen molar-refractivity contribution in [1.29, 1.82) is 0 Å². The number of nitrogens with zero attached hydrogens (tertiary/aromatic N) is 2. The molecule has 4 nitrogen and oxygen atoms in total. The second kappa shape index (κ2) is 6.89. The van der Waals surface area contributed by atoms with Gasteiger partial charge in [-0.2, -0.15) is 0 Å². The molecule has 0 saturated heterocycles. The summed E-state index contributed by atoms with van der Waals surface area (Å²) in [6, 6.07) is 15.8. The highest BCUT2D eigenvalue weighted by molar-refractivity contribution is 7.90. The van der Waals surface area contributed by atoms with Crippen molar-refractivity contribution < 1.29 is 4.55 Å². The number of nitrogens with one attached hydrogen (secondary N) is 1. The molecule has 0 aliphatic carbocycles. The Morgan fingerprint density at radius 3 is 2.57 bits per heavy atom. The highest BCUT2D eigenvalue weighted by atomic mass is 32.2. The molecule has 3 aromatic rings. The number of hydrogen-bond acceptors (Lipinski definition) is 3. The smallest absolute Gasteiger partial charge is 0.163 e. The summed E-state index contributed by atoms with van der Waals surface area (Å²) in [6.07, 6.45) is 3.48. The molecule has 118 valence electrons. The van der Waals surface area contributed by atoms with Crippen molar-refractivity contribution in [3.05, 3.63) is 66.5 Å². The molecule has 0 aliphatic rings. The van der Waals surface area contributed by atoms with Crippen molar-refractivity contribution in [2.24, 2.45) is 0 Å². The Balaban J connectivity index is 1.92. The molecule has 0 amide bonds. The van der Waals surface area contributed by atoms with Gasteiger partial charge in [0, 0.05) is 37.7 Å². The fourth-order valence-corrected chi connectivity index (χ4v) is 3.88. The van der Waals surface area contributed by atoms with Crippen LogP contribution in [0, 0.1) is 0 Å². The van der Waals surface area contributed by atoms with Crippen LogP contribution in [0.25, 0.3) is 11.4 Å².